The van der Waals surface area contributed by atoms with Crippen molar-refractivity contribution in [2.24, 2.45) is 5.92 Å². The highest BCUT2D eigenvalue weighted by Crippen LogP contribution is 2.52. The van der Waals surface area contributed by atoms with Crippen molar-refractivity contribution >= 4 is 16.8 Å². The second-order valence-corrected chi connectivity index (χ2v) is 13.0. The second kappa shape index (κ2) is 13.0. The van der Waals surface area contributed by atoms with Crippen molar-refractivity contribution in [3.05, 3.63) is 123 Å². The third-order valence-corrected chi connectivity index (χ3v) is 9.28. The Morgan fingerprint density at radius 2 is 1.50 bits per heavy atom. The van der Waals surface area contributed by atoms with Gasteiger partial charge < -0.3 is 40.2 Å². The molecule has 1 aliphatic carbocycles. The zero-order chi connectivity index (χ0) is 36.0. The molecule has 3 atom stereocenters. The molecule has 1 heterocycles. The molecule has 0 aliphatic heterocycles. The number of allylic oxidation sites excluding steroid dienone is 4. The first kappa shape index (κ1) is 33.7. The molecule has 10 heteroatoms. The zero-order valence-corrected chi connectivity index (χ0v) is 27.5. The number of ketones is 1. The van der Waals surface area contributed by atoms with E-state index in [0.29, 0.717) is 12.0 Å². The number of hydrogen-bond acceptors (Lipinski definition) is 10. The third kappa shape index (κ3) is 6.11. The van der Waals surface area contributed by atoms with Crippen LogP contribution in [-0.4, -0.2) is 41.5 Å². The third-order valence-electron chi connectivity index (χ3n) is 9.28. The number of fused-ring (bicyclic) bond motifs is 1. The summed E-state index contributed by atoms with van der Waals surface area (Å²) in [6.07, 6.45) is 4.09. The number of phenolic OH excluding ortho intramolecular Hbond substituents is 6. The van der Waals surface area contributed by atoms with Gasteiger partial charge in [0.2, 0.25) is 11.2 Å². The predicted octanol–water partition coefficient (Wildman–Crippen LogP) is 7.62. The average Bonchev–Trinajstić information content (AvgIpc) is 3.06. The zero-order valence-electron chi connectivity index (χ0n) is 27.5. The van der Waals surface area contributed by atoms with Gasteiger partial charge in [-0.05, 0) is 87.7 Å². The first-order valence-corrected chi connectivity index (χ1v) is 16.0. The molecule has 1 aliphatic rings. The van der Waals surface area contributed by atoms with Crippen LogP contribution in [0.15, 0.2) is 99.2 Å². The van der Waals surface area contributed by atoms with Crippen LogP contribution in [0.3, 0.4) is 0 Å². The molecule has 0 fully saturated rings. The van der Waals surface area contributed by atoms with Crippen molar-refractivity contribution in [2.45, 2.75) is 45.4 Å². The van der Waals surface area contributed by atoms with Gasteiger partial charge in [-0.3, -0.25) is 9.59 Å². The van der Waals surface area contributed by atoms with Crippen molar-refractivity contribution in [3.63, 3.8) is 0 Å². The maximum absolute atomic E-state index is 14.8. The highest BCUT2D eigenvalue weighted by molar-refractivity contribution is 6.02. The van der Waals surface area contributed by atoms with Crippen LogP contribution >= 0.6 is 0 Å². The van der Waals surface area contributed by atoms with Gasteiger partial charge in [-0.15, -0.1) is 0 Å². The summed E-state index contributed by atoms with van der Waals surface area (Å²) in [5, 5.41) is 75.4. The van der Waals surface area contributed by atoms with Gasteiger partial charge >= 0.3 is 0 Å². The van der Waals surface area contributed by atoms with Crippen LogP contribution in [0.4, 0.5) is 0 Å². The Kier molecular flexibility index (Phi) is 8.80. The van der Waals surface area contributed by atoms with Gasteiger partial charge in [-0.2, -0.15) is 0 Å². The Bertz CT molecular complexity index is 2290. The van der Waals surface area contributed by atoms with E-state index in [-0.39, 0.29) is 74.2 Å². The summed E-state index contributed by atoms with van der Waals surface area (Å²) in [6.45, 7) is 5.58. The van der Waals surface area contributed by atoms with E-state index in [4.69, 9.17) is 4.42 Å². The lowest BCUT2D eigenvalue weighted by Crippen LogP contribution is -2.31. The number of hydrogen-bond donors (Lipinski definition) is 7. The monoisotopic (exact) mass is 676 g/mol. The molecule has 3 unspecified atom stereocenters. The molecule has 0 saturated heterocycles. The molecular weight excluding hydrogens is 640 g/mol. The SMILES string of the molecule is CC(C)=CCc1c(O)ccc(C(=O)C2C(c3cc(-c4oc5cc(O)ccc5c(=O)c4O)ccc3O)C=C(C)CC2c2ccc(O)cc2O)c1O. The number of aromatic hydroxyl groups is 7. The van der Waals surface area contributed by atoms with Crippen molar-refractivity contribution in [3.8, 4) is 51.6 Å². The van der Waals surface area contributed by atoms with E-state index >= 15 is 0 Å². The minimum Gasteiger partial charge on any atom is -0.508 e. The van der Waals surface area contributed by atoms with Crippen LogP contribution in [0.2, 0.25) is 0 Å². The number of rotatable bonds is 7. The Morgan fingerprint density at radius 1 is 0.800 bits per heavy atom. The fourth-order valence-electron chi connectivity index (χ4n) is 6.82. The second-order valence-electron chi connectivity index (χ2n) is 13.0. The van der Waals surface area contributed by atoms with Gasteiger partial charge in [0.15, 0.2) is 11.5 Å². The summed E-state index contributed by atoms with van der Waals surface area (Å²) in [6, 6.07) is 14.9. The summed E-state index contributed by atoms with van der Waals surface area (Å²) < 4.78 is 5.89. The van der Waals surface area contributed by atoms with Crippen LogP contribution in [0.1, 0.15) is 66.1 Å². The van der Waals surface area contributed by atoms with Gasteiger partial charge in [0.25, 0.3) is 0 Å². The fraction of sp³-hybridized carbons (Fsp3) is 0.200. The normalized spacial score (nSPS) is 17.3. The molecule has 0 amide bonds. The van der Waals surface area contributed by atoms with Crippen molar-refractivity contribution in [2.75, 3.05) is 0 Å². The summed E-state index contributed by atoms with van der Waals surface area (Å²) in [5.41, 5.74) is 1.92. The van der Waals surface area contributed by atoms with E-state index in [2.05, 4.69) is 0 Å². The summed E-state index contributed by atoms with van der Waals surface area (Å²) in [7, 11) is 0. The lowest BCUT2D eigenvalue weighted by molar-refractivity contribution is 0.0877. The first-order valence-electron chi connectivity index (χ1n) is 16.0. The Hall–Kier alpha value is -6.16. The fourth-order valence-corrected chi connectivity index (χ4v) is 6.82. The summed E-state index contributed by atoms with van der Waals surface area (Å²) >= 11 is 0. The Morgan fingerprint density at radius 3 is 2.22 bits per heavy atom. The molecule has 4 aromatic carbocycles. The van der Waals surface area contributed by atoms with Gasteiger partial charge in [-0.1, -0.05) is 29.4 Å². The molecule has 256 valence electrons. The largest absolute Gasteiger partial charge is 0.508 e. The lowest BCUT2D eigenvalue weighted by Gasteiger charge is -2.37. The Balaban J connectivity index is 1.56. The van der Waals surface area contributed by atoms with E-state index in [1.807, 2.05) is 26.8 Å². The molecule has 50 heavy (non-hydrogen) atoms. The van der Waals surface area contributed by atoms with Crippen LogP contribution in [0.5, 0.6) is 40.2 Å². The molecule has 6 rings (SSSR count). The maximum Gasteiger partial charge on any atom is 0.235 e. The highest BCUT2D eigenvalue weighted by Gasteiger charge is 2.42. The molecular formula is C40H36O10. The van der Waals surface area contributed by atoms with Crippen molar-refractivity contribution in [1.29, 1.82) is 0 Å². The minimum absolute atomic E-state index is 0.0217. The maximum atomic E-state index is 14.8. The van der Waals surface area contributed by atoms with E-state index in [1.165, 1.54) is 66.7 Å². The minimum atomic E-state index is -1.06. The van der Waals surface area contributed by atoms with E-state index in [1.54, 1.807) is 6.08 Å². The topological polar surface area (TPSA) is 189 Å². The molecule has 0 saturated carbocycles. The van der Waals surface area contributed by atoms with E-state index in [0.717, 1.165) is 11.1 Å². The van der Waals surface area contributed by atoms with Gasteiger partial charge in [0.1, 0.15) is 40.1 Å². The van der Waals surface area contributed by atoms with Gasteiger partial charge in [-0.25, -0.2) is 0 Å². The number of benzene rings is 4. The number of carbonyl (C=O) groups is 1. The molecule has 0 radical (unpaired) electrons. The first-order chi connectivity index (χ1) is 23.7. The number of carbonyl (C=O) groups excluding carboxylic acids is 1. The molecule has 1 aromatic heterocycles. The van der Waals surface area contributed by atoms with E-state index in [9.17, 15) is 45.3 Å². The highest BCUT2D eigenvalue weighted by atomic mass is 16.4. The standard InChI is InChI=1S/C40H36O10/c1-19(2)4-8-25-31(43)13-11-27(36(25)46)37(47)35-29(24-9-6-22(41)17-33(24)45)14-20(3)15-30(35)28-16-21(5-12-32(28)44)40-39(49)38(48)26-10-7-23(42)18-34(26)50-40/h4-7,9-13,15-18,29-30,35,41-46,49H,8,14H2,1-3H3. The van der Waals surface area contributed by atoms with Gasteiger partial charge in [0.05, 0.1) is 10.9 Å². The van der Waals surface area contributed by atoms with E-state index < -0.39 is 40.5 Å². The van der Waals surface area contributed by atoms with Crippen LogP contribution < -0.4 is 5.43 Å². The summed E-state index contributed by atoms with van der Waals surface area (Å²) in [4.78, 5) is 27.9. The van der Waals surface area contributed by atoms with Crippen LogP contribution in [-0.2, 0) is 6.42 Å². The molecule has 0 spiro atoms. The van der Waals surface area contributed by atoms with Crippen molar-refractivity contribution < 1.29 is 45.0 Å². The smallest absolute Gasteiger partial charge is 0.235 e. The van der Waals surface area contributed by atoms with Crippen LogP contribution in [0, 0.1) is 5.92 Å². The summed E-state index contributed by atoms with van der Waals surface area (Å²) in [5.74, 6) is -5.47. The van der Waals surface area contributed by atoms with Gasteiger partial charge in [0, 0.05) is 46.6 Å². The molecule has 7 N–H and O–H groups in total. The number of Topliss-reactive ketones (excluding diaryl/α,β-unsaturated/α-hetero) is 1. The lowest BCUT2D eigenvalue weighted by atomic mass is 9.65. The Labute approximate surface area is 286 Å². The van der Waals surface area contributed by atoms with Crippen molar-refractivity contribution in [1.82, 2.24) is 0 Å². The predicted molar refractivity (Wildman–Crippen MR) is 187 cm³/mol. The van der Waals surface area contributed by atoms with Crippen LogP contribution in [0.25, 0.3) is 22.3 Å². The molecule has 5 aromatic rings. The average molecular weight is 677 g/mol. The number of phenols is 6. The molecule has 10 nitrogen and oxygen atoms in total. The molecule has 0 bridgehead atoms. The quantitative estimate of drug-likeness (QED) is 0.0667.